The van der Waals surface area contributed by atoms with Crippen molar-refractivity contribution in [1.29, 1.82) is 0 Å². The number of hydrogen-bond acceptors (Lipinski definition) is 6. The van der Waals surface area contributed by atoms with Crippen LogP contribution in [0.3, 0.4) is 0 Å². The number of likely N-dealkylation sites (tertiary alicyclic amines) is 1. The minimum Gasteiger partial charge on any atom is -0.507 e. The Bertz CT molecular complexity index is 1040. The van der Waals surface area contributed by atoms with Crippen molar-refractivity contribution < 1.29 is 19.4 Å². The fourth-order valence-corrected chi connectivity index (χ4v) is 4.13. The second kappa shape index (κ2) is 11.9. The van der Waals surface area contributed by atoms with Gasteiger partial charge in [0.05, 0.1) is 18.2 Å². The van der Waals surface area contributed by atoms with Crippen LogP contribution >= 0.6 is 0 Å². The van der Waals surface area contributed by atoms with E-state index in [0.29, 0.717) is 31.0 Å². The molecule has 188 valence electrons. The second-order valence-electron chi connectivity index (χ2n) is 9.36. The molecular weight excluding hydrogens is 442 g/mol. The summed E-state index contributed by atoms with van der Waals surface area (Å²) in [6, 6.07) is 14.1. The number of benzene rings is 2. The molecule has 2 aromatic carbocycles. The summed E-state index contributed by atoms with van der Waals surface area (Å²) in [7, 11) is 7.75. The highest BCUT2D eigenvalue weighted by atomic mass is 16.5. The minimum absolute atomic E-state index is 0.114. The van der Waals surface area contributed by atoms with Crippen LogP contribution < -0.4 is 9.64 Å². The van der Waals surface area contributed by atoms with Crippen LogP contribution in [0.5, 0.6) is 5.75 Å². The fourth-order valence-electron chi connectivity index (χ4n) is 4.13. The molecule has 7 nitrogen and oxygen atoms in total. The summed E-state index contributed by atoms with van der Waals surface area (Å²) in [5.74, 6) is -0.719. The van der Waals surface area contributed by atoms with Crippen LogP contribution in [0.1, 0.15) is 43.4 Å². The SMILES string of the molecule is CCCCCOc1ccc(/C(O)=C2/C(=O)C(=O)N(CCN(C)C)C2c2ccc(N(C)C)cc2)cc1. The van der Waals surface area contributed by atoms with E-state index in [2.05, 4.69) is 6.92 Å². The number of hydrogen-bond donors (Lipinski definition) is 1. The molecule has 0 saturated carbocycles. The van der Waals surface area contributed by atoms with Crippen molar-refractivity contribution in [2.45, 2.75) is 32.2 Å². The van der Waals surface area contributed by atoms with Crippen molar-refractivity contribution in [2.24, 2.45) is 0 Å². The molecule has 0 radical (unpaired) electrons. The molecule has 1 saturated heterocycles. The Morgan fingerprint density at radius 3 is 2.20 bits per heavy atom. The number of amides is 1. The average molecular weight is 480 g/mol. The number of ether oxygens (including phenoxy) is 1. The van der Waals surface area contributed by atoms with Gasteiger partial charge in [-0.1, -0.05) is 31.9 Å². The molecule has 0 bridgehead atoms. The number of rotatable bonds is 11. The van der Waals surface area contributed by atoms with Crippen LogP contribution in [0.15, 0.2) is 54.1 Å². The number of ketones is 1. The van der Waals surface area contributed by atoms with Crippen LogP contribution in [0.2, 0.25) is 0 Å². The van der Waals surface area contributed by atoms with Crippen molar-refractivity contribution in [1.82, 2.24) is 9.80 Å². The van der Waals surface area contributed by atoms with E-state index in [0.717, 1.165) is 30.5 Å². The topological polar surface area (TPSA) is 73.3 Å². The number of nitrogens with zero attached hydrogens (tertiary/aromatic N) is 3. The van der Waals surface area contributed by atoms with Crippen molar-refractivity contribution >= 4 is 23.1 Å². The van der Waals surface area contributed by atoms with Gasteiger partial charge in [-0.25, -0.2) is 0 Å². The molecule has 2 aromatic rings. The maximum absolute atomic E-state index is 13.1. The molecule has 0 aliphatic carbocycles. The van der Waals surface area contributed by atoms with Gasteiger partial charge in [0.15, 0.2) is 0 Å². The lowest BCUT2D eigenvalue weighted by molar-refractivity contribution is -0.140. The van der Waals surface area contributed by atoms with E-state index in [9.17, 15) is 14.7 Å². The summed E-state index contributed by atoms with van der Waals surface area (Å²) < 4.78 is 5.76. The molecule has 1 unspecified atom stereocenters. The molecular formula is C28H37N3O4. The van der Waals surface area contributed by atoms with Crippen LogP contribution in [-0.2, 0) is 9.59 Å². The zero-order chi connectivity index (χ0) is 25.5. The third-order valence-corrected chi connectivity index (χ3v) is 6.20. The predicted molar refractivity (Wildman–Crippen MR) is 140 cm³/mol. The van der Waals surface area contributed by atoms with Crippen molar-refractivity contribution in [3.05, 3.63) is 65.2 Å². The normalized spacial score (nSPS) is 17.3. The van der Waals surface area contributed by atoms with Gasteiger partial charge < -0.3 is 24.5 Å². The first-order valence-electron chi connectivity index (χ1n) is 12.2. The fraction of sp³-hybridized carbons (Fsp3) is 0.429. The Morgan fingerprint density at radius 1 is 0.971 bits per heavy atom. The molecule has 35 heavy (non-hydrogen) atoms. The largest absolute Gasteiger partial charge is 0.507 e. The summed E-state index contributed by atoms with van der Waals surface area (Å²) in [4.78, 5) is 31.7. The Kier molecular flexibility index (Phi) is 8.93. The monoisotopic (exact) mass is 479 g/mol. The van der Waals surface area contributed by atoms with Gasteiger partial charge in [0.2, 0.25) is 0 Å². The predicted octanol–water partition coefficient (Wildman–Crippen LogP) is 4.30. The Hall–Kier alpha value is -3.32. The van der Waals surface area contributed by atoms with E-state index in [1.807, 2.05) is 62.3 Å². The lowest BCUT2D eigenvalue weighted by Crippen LogP contribution is -2.35. The van der Waals surface area contributed by atoms with E-state index in [4.69, 9.17) is 4.74 Å². The quantitative estimate of drug-likeness (QED) is 0.224. The Labute approximate surface area is 208 Å². The molecule has 1 amide bonds. The van der Waals surface area contributed by atoms with Gasteiger partial charge >= 0.3 is 0 Å². The van der Waals surface area contributed by atoms with Crippen LogP contribution in [-0.4, -0.2) is 74.5 Å². The molecule has 0 aromatic heterocycles. The van der Waals surface area contributed by atoms with Crippen molar-refractivity contribution in [3.63, 3.8) is 0 Å². The summed E-state index contributed by atoms with van der Waals surface area (Å²) in [5, 5.41) is 11.2. The molecule has 1 N–H and O–H groups in total. The number of aliphatic hydroxyl groups is 1. The average Bonchev–Trinajstić information content (AvgIpc) is 3.10. The molecule has 1 aliphatic rings. The zero-order valence-electron chi connectivity index (χ0n) is 21.5. The van der Waals surface area contributed by atoms with Crippen molar-refractivity contribution in [2.75, 3.05) is 52.8 Å². The Balaban J connectivity index is 1.97. The molecule has 1 aliphatic heterocycles. The lowest BCUT2D eigenvalue weighted by atomic mass is 9.95. The third kappa shape index (κ3) is 6.22. The summed E-state index contributed by atoms with van der Waals surface area (Å²) in [6.45, 7) is 3.76. The number of carbonyl (C=O) groups is 2. The number of unbranched alkanes of at least 4 members (excludes halogenated alkanes) is 2. The minimum atomic E-state index is -0.664. The van der Waals surface area contributed by atoms with E-state index in [1.165, 1.54) is 0 Å². The molecule has 1 atom stereocenters. The standard InChI is InChI=1S/C28H37N3O4/c1-6-7-8-19-35-23-15-11-21(12-16-23)26(32)24-25(20-9-13-22(14-10-20)30(4)5)31(18-17-29(2)3)28(34)27(24)33/h9-16,25,32H,6-8,17-19H2,1-5H3/b26-24-. The maximum atomic E-state index is 13.1. The Morgan fingerprint density at radius 2 is 1.63 bits per heavy atom. The van der Waals surface area contributed by atoms with Gasteiger partial charge in [-0.3, -0.25) is 9.59 Å². The highest BCUT2D eigenvalue weighted by molar-refractivity contribution is 6.46. The lowest BCUT2D eigenvalue weighted by Gasteiger charge is -2.27. The van der Waals surface area contributed by atoms with E-state index in [1.54, 1.807) is 29.2 Å². The number of carbonyl (C=O) groups excluding carboxylic acids is 2. The van der Waals surface area contributed by atoms with E-state index in [-0.39, 0.29) is 11.3 Å². The van der Waals surface area contributed by atoms with Gasteiger partial charge in [0.1, 0.15) is 11.5 Å². The van der Waals surface area contributed by atoms with Crippen LogP contribution in [0, 0.1) is 0 Å². The van der Waals surface area contributed by atoms with Gasteiger partial charge in [0, 0.05) is 38.4 Å². The first kappa shape index (κ1) is 26.3. The highest BCUT2D eigenvalue weighted by Crippen LogP contribution is 2.39. The maximum Gasteiger partial charge on any atom is 0.295 e. The number of anilines is 1. The molecule has 0 spiro atoms. The number of aliphatic hydroxyl groups excluding tert-OH is 1. The van der Waals surface area contributed by atoms with E-state index < -0.39 is 17.7 Å². The van der Waals surface area contributed by atoms with Gasteiger partial charge in [-0.2, -0.15) is 0 Å². The van der Waals surface area contributed by atoms with Crippen LogP contribution in [0.25, 0.3) is 5.76 Å². The van der Waals surface area contributed by atoms with Gasteiger partial charge in [-0.05, 0) is 62.5 Å². The number of likely N-dealkylation sites (N-methyl/N-ethyl adjacent to an activating group) is 1. The highest BCUT2D eigenvalue weighted by Gasteiger charge is 2.45. The molecule has 3 rings (SSSR count). The smallest absolute Gasteiger partial charge is 0.295 e. The van der Waals surface area contributed by atoms with Gasteiger partial charge in [-0.15, -0.1) is 0 Å². The second-order valence-corrected chi connectivity index (χ2v) is 9.36. The third-order valence-electron chi connectivity index (χ3n) is 6.20. The van der Waals surface area contributed by atoms with Crippen molar-refractivity contribution in [3.8, 4) is 5.75 Å². The van der Waals surface area contributed by atoms with Gasteiger partial charge in [0.25, 0.3) is 11.7 Å². The first-order chi connectivity index (χ1) is 16.7. The summed E-state index contributed by atoms with van der Waals surface area (Å²) >= 11 is 0. The molecule has 1 fully saturated rings. The molecule has 1 heterocycles. The van der Waals surface area contributed by atoms with E-state index >= 15 is 0 Å². The number of Topliss-reactive ketones (excluding diaryl/α,β-unsaturated/α-hetero) is 1. The molecule has 7 heteroatoms. The summed E-state index contributed by atoms with van der Waals surface area (Å²) in [6.07, 6.45) is 3.23. The first-order valence-corrected chi connectivity index (χ1v) is 12.2. The van der Waals surface area contributed by atoms with Crippen LogP contribution in [0.4, 0.5) is 5.69 Å². The zero-order valence-corrected chi connectivity index (χ0v) is 21.5. The summed E-state index contributed by atoms with van der Waals surface area (Å²) in [5.41, 5.74) is 2.38.